The van der Waals surface area contributed by atoms with Gasteiger partial charge in [0.25, 0.3) is 0 Å². The minimum atomic E-state index is -0.693. The van der Waals surface area contributed by atoms with Gasteiger partial charge in [0.15, 0.2) is 0 Å². The number of hydrogen-bond donors (Lipinski definition) is 2. The molecule has 2 atom stereocenters. The SMILES string of the molecule is O=C(O)C1CCCC(NCCCF)C1. The summed E-state index contributed by atoms with van der Waals surface area (Å²) in [7, 11) is 0. The normalized spacial score (nSPS) is 27.5. The van der Waals surface area contributed by atoms with E-state index in [4.69, 9.17) is 5.11 Å². The van der Waals surface area contributed by atoms with Gasteiger partial charge in [0.1, 0.15) is 0 Å². The van der Waals surface area contributed by atoms with Gasteiger partial charge in [-0.15, -0.1) is 0 Å². The third-order valence-electron chi connectivity index (χ3n) is 2.77. The summed E-state index contributed by atoms with van der Waals surface area (Å²) in [6.07, 6.45) is 3.99. The van der Waals surface area contributed by atoms with E-state index in [0.717, 1.165) is 19.3 Å². The molecule has 4 heteroatoms. The summed E-state index contributed by atoms with van der Waals surface area (Å²) in [5.74, 6) is -0.895. The molecule has 0 amide bonds. The fourth-order valence-electron chi connectivity index (χ4n) is 1.97. The quantitative estimate of drug-likeness (QED) is 0.667. The summed E-state index contributed by atoms with van der Waals surface area (Å²) < 4.78 is 11.8. The van der Waals surface area contributed by atoms with E-state index in [9.17, 15) is 9.18 Å². The van der Waals surface area contributed by atoms with Crippen molar-refractivity contribution in [2.45, 2.75) is 38.1 Å². The summed E-state index contributed by atoms with van der Waals surface area (Å²) in [6, 6.07) is 0.274. The van der Waals surface area contributed by atoms with Crippen molar-refractivity contribution in [3.8, 4) is 0 Å². The lowest BCUT2D eigenvalue weighted by molar-refractivity contribution is -0.143. The molecule has 0 aromatic heterocycles. The molecule has 0 radical (unpaired) electrons. The Morgan fingerprint density at radius 2 is 2.29 bits per heavy atom. The van der Waals surface area contributed by atoms with Crippen LogP contribution in [0.1, 0.15) is 32.1 Å². The Hall–Kier alpha value is -0.640. The first-order valence-electron chi connectivity index (χ1n) is 5.26. The molecule has 1 aliphatic carbocycles. The zero-order valence-corrected chi connectivity index (χ0v) is 8.34. The summed E-state index contributed by atoms with van der Waals surface area (Å²) >= 11 is 0. The van der Waals surface area contributed by atoms with Crippen LogP contribution in [-0.4, -0.2) is 30.3 Å². The average molecular weight is 203 g/mol. The van der Waals surface area contributed by atoms with E-state index in [1.807, 2.05) is 0 Å². The van der Waals surface area contributed by atoms with E-state index in [0.29, 0.717) is 19.4 Å². The van der Waals surface area contributed by atoms with Crippen LogP contribution in [0.2, 0.25) is 0 Å². The molecule has 1 fully saturated rings. The average Bonchev–Trinajstić information content (AvgIpc) is 2.19. The van der Waals surface area contributed by atoms with E-state index >= 15 is 0 Å². The van der Waals surface area contributed by atoms with E-state index < -0.39 is 5.97 Å². The van der Waals surface area contributed by atoms with Crippen molar-refractivity contribution >= 4 is 5.97 Å². The molecule has 2 unspecified atom stereocenters. The van der Waals surface area contributed by atoms with Crippen LogP contribution in [0, 0.1) is 5.92 Å². The number of halogens is 1. The van der Waals surface area contributed by atoms with Crippen LogP contribution >= 0.6 is 0 Å². The number of carboxylic acid groups (broad SMARTS) is 1. The second-order valence-electron chi connectivity index (χ2n) is 3.90. The topological polar surface area (TPSA) is 49.3 Å². The van der Waals surface area contributed by atoms with Crippen LogP contribution in [0.15, 0.2) is 0 Å². The highest BCUT2D eigenvalue weighted by molar-refractivity contribution is 5.70. The molecule has 14 heavy (non-hydrogen) atoms. The largest absolute Gasteiger partial charge is 0.481 e. The Kier molecular flexibility index (Phi) is 4.87. The van der Waals surface area contributed by atoms with Crippen LogP contribution < -0.4 is 5.32 Å². The number of alkyl halides is 1. The van der Waals surface area contributed by atoms with Crippen molar-refractivity contribution in [1.29, 1.82) is 0 Å². The molecule has 0 aromatic carbocycles. The van der Waals surface area contributed by atoms with E-state index in [-0.39, 0.29) is 18.6 Å². The maximum Gasteiger partial charge on any atom is 0.306 e. The summed E-state index contributed by atoms with van der Waals surface area (Å²) in [6.45, 7) is 0.357. The maximum atomic E-state index is 11.8. The lowest BCUT2D eigenvalue weighted by Gasteiger charge is -2.27. The minimum Gasteiger partial charge on any atom is -0.481 e. The molecule has 2 N–H and O–H groups in total. The van der Waals surface area contributed by atoms with Gasteiger partial charge in [0.2, 0.25) is 0 Å². The van der Waals surface area contributed by atoms with E-state index in [1.165, 1.54) is 0 Å². The molecule has 0 bridgehead atoms. The molecule has 0 aromatic rings. The molecule has 0 heterocycles. The Morgan fingerprint density at radius 3 is 2.93 bits per heavy atom. The Labute approximate surface area is 83.7 Å². The van der Waals surface area contributed by atoms with Gasteiger partial charge in [-0.1, -0.05) is 6.42 Å². The molecule has 3 nitrogen and oxygen atoms in total. The molecule has 1 rings (SSSR count). The second-order valence-corrected chi connectivity index (χ2v) is 3.90. The zero-order chi connectivity index (χ0) is 10.4. The van der Waals surface area contributed by atoms with Gasteiger partial charge >= 0.3 is 5.97 Å². The van der Waals surface area contributed by atoms with E-state index in [2.05, 4.69) is 5.32 Å². The van der Waals surface area contributed by atoms with Gasteiger partial charge in [0.05, 0.1) is 12.6 Å². The van der Waals surface area contributed by atoms with Crippen LogP contribution in [0.25, 0.3) is 0 Å². The number of carboxylic acids is 1. The first kappa shape index (κ1) is 11.4. The van der Waals surface area contributed by atoms with Crippen molar-refractivity contribution in [1.82, 2.24) is 5.32 Å². The van der Waals surface area contributed by atoms with Crippen molar-refractivity contribution in [3.63, 3.8) is 0 Å². The number of nitrogens with one attached hydrogen (secondary N) is 1. The smallest absolute Gasteiger partial charge is 0.306 e. The van der Waals surface area contributed by atoms with Gasteiger partial charge in [0, 0.05) is 6.04 Å². The predicted octanol–water partition coefficient (Wildman–Crippen LogP) is 1.58. The number of hydrogen-bond acceptors (Lipinski definition) is 2. The molecule has 0 spiro atoms. The molecular formula is C10H18FNO2. The van der Waals surface area contributed by atoms with Gasteiger partial charge in [-0.25, -0.2) is 0 Å². The first-order valence-corrected chi connectivity index (χ1v) is 5.26. The van der Waals surface area contributed by atoms with Crippen molar-refractivity contribution in [3.05, 3.63) is 0 Å². The summed E-state index contributed by atoms with van der Waals surface area (Å²) in [4.78, 5) is 10.7. The van der Waals surface area contributed by atoms with Crippen LogP contribution in [0.3, 0.4) is 0 Å². The Balaban J connectivity index is 2.22. The number of aliphatic carboxylic acids is 1. The highest BCUT2D eigenvalue weighted by Gasteiger charge is 2.26. The lowest BCUT2D eigenvalue weighted by Crippen LogP contribution is -2.37. The molecule has 0 saturated heterocycles. The minimum absolute atomic E-state index is 0.202. The van der Waals surface area contributed by atoms with Crippen LogP contribution in [0.5, 0.6) is 0 Å². The fourth-order valence-corrected chi connectivity index (χ4v) is 1.97. The molecule has 1 saturated carbocycles. The molecule has 1 aliphatic rings. The third-order valence-corrected chi connectivity index (χ3v) is 2.77. The van der Waals surface area contributed by atoms with Gasteiger partial charge < -0.3 is 10.4 Å². The van der Waals surface area contributed by atoms with Gasteiger partial charge in [-0.2, -0.15) is 0 Å². The van der Waals surface area contributed by atoms with E-state index in [1.54, 1.807) is 0 Å². The molecular weight excluding hydrogens is 185 g/mol. The lowest BCUT2D eigenvalue weighted by atomic mass is 9.86. The Bertz CT molecular complexity index is 187. The van der Waals surface area contributed by atoms with Crippen LogP contribution in [0.4, 0.5) is 4.39 Å². The monoisotopic (exact) mass is 203 g/mol. The van der Waals surface area contributed by atoms with Crippen LogP contribution in [-0.2, 0) is 4.79 Å². The number of rotatable bonds is 5. The molecule has 82 valence electrons. The summed E-state index contributed by atoms with van der Waals surface area (Å²) in [5, 5.41) is 12.0. The zero-order valence-electron chi connectivity index (χ0n) is 8.34. The van der Waals surface area contributed by atoms with Crippen molar-refractivity contribution in [2.24, 2.45) is 5.92 Å². The third kappa shape index (κ3) is 3.62. The standard InChI is InChI=1S/C10H18FNO2/c11-5-2-6-12-9-4-1-3-8(7-9)10(13)14/h8-9,12H,1-7H2,(H,13,14). The highest BCUT2D eigenvalue weighted by atomic mass is 19.1. The van der Waals surface area contributed by atoms with Gasteiger partial charge in [-0.3, -0.25) is 9.18 Å². The maximum absolute atomic E-state index is 11.8. The predicted molar refractivity (Wildman–Crippen MR) is 52.0 cm³/mol. The second kappa shape index (κ2) is 5.96. The summed E-state index contributed by atoms with van der Waals surface area (Å²) in [5.41, 5.74) is 0. The van der Waals surface area contributed by atoms with Crippen molar-refractivity contribution in [2.75, 3.05) is 13.2 Å². The van der Waals surface area contributed by atoms with Gasteiger partial charge in [-0.05, 0) is 32.2 Å². The first-order chi connectivity index (χ1) is 6.74. The number of carbonyl (C=O) groups is 1. The fraction of sp³-hybridized carbons (Fsp3) is 0.900. The Morgan fingerprint density at radius 1 is 1.50 bits per heavy atom. The highest BCUT2D eigenvalue weighted by Crippen LogP contribution is 2.24. The van der Waals surface area contributed by atoms with Crippen molar-refractivity contribution < 1.29 is 14.3 Å². The molecule has 0 aliphatic heterocycles.